The molecule has 6 nitrogen and oxygen atoms in total. The number of ether oxygens (including phenoxy) is 1. The molecule has 0 unspecified atom stereocenters. The van der Waals surface area contributed by atoms with E-state index in [-0.39, 0.29) is 36.4 Å². The third-order valence-electron chi connectivity index (χ3n) is 3.91. The van der Waals surface area contributed by atoms with E-state index in [1.165, 1.54) is 0 Å². The van der Waals surface area contributed by atoms with Crippen molar-refractivity contribution in [3.05, 3.63) is 65.7 Å². The van der Waals surface area contributed by atoms with Gasteiger partial charge in [-0.25, -0.2) is 4.79 Å². The highest BCUT2D eigenvalue weighted by Crippen LogP contribution is 2.19. The van der Waals surface area contributed by atoms with Gasteiger partial charge in [-0.3, -0.25) is 9.59 Å². The second-order valence-electron chi connectivity index (χ2n) is 6.17. The van der Waals surface area contributed by atoms with E-state index in [9.17, 15) is 14.4 Å². The summed E-state index contributed by atoms with van der Waals surface area (Å²) in [5.74, 6) is -1.19. The first-order chi connectivity index (χ1) is 12.6. The summed E-state index contributed by atoms with van der Waals surface area (Å²) in [4.78, 5) is 36.1. The maximum absolute atomic E-state index is 12.3. The molecule has 0 bridgehead atoms. The number of amides is 2. The standard InChI is InChI=1S/C20H20N2O4/c23-18(12-14-6-2-1-3-7-14)22-17-9-5-4-8-16(17)20(25)26-13-19(24)21-15-10-11-15/h1-9,15H,10-13H2,(H,21,24)(H,22,23). The maximum atomic E-state index is 12.3. The zero-order valence-corrected chi connectivity index (χ0v) is 14.2. The van der Waals surface area contributed by atoms with E-state index in [4.69, 9.17) is 4.74 Å². The molecule has 2 aromatic rings. The lowest BCUT2D eigenvalue weighted by Crippen LogP contribution is -2.30. The van der Waals surface area contributed by atoms with Gasteiger partial charge in [0, 0.05) is 6.04 Å². The normalized spacial score (nSPS) is 12.9. The summed E-state index contributed by atoms with van der Waals surface area (Å²) < 4.78 is 5.06. The predicted molar refractivity (Wildman–Crippen MR) is 96.7 cm³/mol. The number of nitrogens with one attached hydrogen (secondary N) is 2. The minimum Gasteiger partial charge on any atom is -0.452 e. The van der Waals surface area contributed by atoms with E-state index in [1.54, 1.807) is 24.3 Å². The van der Waals surface area contributed by atoms with Gasteiger partial charge in [-0.1, -0.05) is 42.5 Å². The SMILES string of the molecule is O=C(Cc1ccccc1)Nc1ccccc1C(=O)OCC(=O)NC1CC1. The third kappa shape index (κ3) is 5.17. The van der Waals surface area contributed by atoms with Crippen molar-refractivity contribution in [1.82, 2.24) is 5.32 Å². The van der Waals surface area contributed by atoms with Gasteiger partial charge < -0.3 is 15.4 Å². The Morgan fingerprint density at radius 3 is 2.35 bits per heavy atom. The summed E-state index contributed by atoms with van der Waals surface area (Å²) in [6.45, 7) is -0.332. The van der Waals surface area contributed by atoms with Crippen molar-refractivity contribution in [3.8, 4) is 0 Å². The van der Waals surface area contributed by atoms with Gasteiger partial charge in [0.25, 0.3) is 5.91 Å². The highest BCUT2D eigenvalue weighted by atomic mass is 16.5. The molecule has 1 fully saturated rings. The number of hydrogen-bond acceptors (Lipinski definition) is 4. The average Bonchev–Trinajstić information content (AvgIpc) is 3.45. The number of carbonyl (C=O) groups excluding carboxylic acids is 3. The molecule has 0 heterocycles. The molecule has 1 aliphatic rings. The Kier molecular flexibility index (Phi) is 5.63. The molecule has 0 radical (unpaired) electrons. The van der Waals surface area contributed by atoms with E-state index in [0.29, 0.717) is 5.69 Å². The molecule has 26 heavy (non-hydrogen) atoms. The first kappa shape index (κ1) is 17.7. The molecule has 2 aromatic carbocycles. The fourth-order valence-corrected chi connectivity index (χ4v) is 2.45. The van der Waals surface area contributed by atoms with Crippen LogP contribution in [-0.2, 0) is 20.7 Å². The smallest absolute Gasteiger partial charge is 0.340 e. The topological polar surface area (TPSA) is 84.5 Å². The number of rotatable bonds is 7. The van der Waals surface area contributed by atoms with E-state index in [0.717, 1.165) is 18.4 Å². The van der Waals surface area contributed by atoms with Gasteiger partial charge in [0.1, 0.15) is 0 Å². The summed E-state index contributed by atoms with van der Waals surface area (Å²) in [7, 11) is 0. The Morgan fingerprint density at radius 1 is 0.923 bits per heavy atom. The minimum atomic E-state index is -0.647. The Hall–Kier alpha value is -3.15. The van der Waals surface area contributed by atoms with Gasteiger partial charge in [-0.05, 0) is 30.5 Å². The Bertz CT molecular complexity index is 800. The Morgan fingerprint density at radius 2 is 1.62 bits per heavy atom. The third-order valence-corrected chi connectivity index (χ3v) is 3.91. The van der Waals surface area contributed by atoms with Gasteiger partial charge in [0.05, 0.1) is 17.7 Å². The molecule has 1 saturated carbocycles. The van der Waals surface area contributed by atoms with Crippen LogP contribution in [0.1, 0.15) is 28.8 Å². The summed E-state index contributed by atoms with van der Waals surface area (Å²) in [6.07, 6.45) is 2.14. The van der Waals surface area contributed by atoms with Crippen LogP contribution in [0, 0.1) is 0 Å². The summed E-state index contributed by atoms with van der Waals surface area (Å²) >= 11 is 0. The second kappa shape index (κ2) is 8.29. The van der Waals surface area contributed by atoms with E-state index in [1.807, 2.05) is 30.3 Å². The van der Waals surface area contributed by atoms with Crippen LogP contribution in [0.4, 0.5) is 5.69 Å². The van der Waals surface area contributed by atoms with E-state index < -0.39 is 5.97 Å². The molecular weight excluding hydrogens is 332 g/mol. The fraction of sp³-hybridized carbons (Fsp3) is 0.250. The lowest BCUT2D eigenvalue weighted by Gasteiger charge is -2.11. The Balaban J connectivity index is 1.58. The quantitative estimate of drug-likeness (QED) is 0.749. The minimum absolute atomic E-state index is 0.202. The highest BCUT2D eigenvalue weighted by molar-refractivity contribution is 6.02. The monoisotopic (exact) mass is 352 g/mol. The van der Waals surface area contributed by atoms with E-state index >= 15 is 0 Å². The number of benzene rings is 2. The van der Waals surface area contributed by atoms with Crippen molar-refractivity contribution in [2.75, 3.05) is 11.9 Å². The summed E-state index contributed by atoms with van der Waals surface area (Å²) in [6, 6.07) is 16.1. The van der Waals surface area contributed by atoms with Crippen molar-refractivity contribution in [2.24, 2.45) is 0 Å². The molecule has 1 aliphatic carbocycles. The molecule has 6 heteroatoms. The molecule has 3 rings (SSSR count). The molecular formula is C20H20N2O4. The van der Waals surface area contributed by atoms with Gasteiger partial charge in [0.15, 0.2) is 6.61 Å². The van der Waals surface area contributed by atoms with Crippen molar-refractivity contribution >= 4 is 23.5 Å². The van der Waals surface area contributed by atoms with Crippen LogP contribution in [0.2, 0.25) is 0 Å². The average molecular weight is 352 g/mol. The molecule has 0 aromatic heterocycles. The zero-order valence-electron chi connectivity index (χ0n) is 14.2. The highest BCUT2D eigenvalue weighted by Gasteiger charge is 2.24. The predicted octanol–water partition coefficient (Wildman–Crippen LogP) is 2.30. The Labute approximate surface area is 151 Å². The summed E-state index contributed by atoms with van der Waals surface area (Å²) in [5.41, 5.74) is 1.45. The zero-order chi connectivity index (χ0) is 18.4. The van der Waals surface area contributed by atoms with Crippen LogP contribution in [0.5, 0.6) is 0 Å². The molecule has 0 spiro atoms. The first-order valence-electron chi connectivity index (χ1n) is 8.51. The van der Waals surface area contributed by atoms with Gasteiger partial charge in [0.2, 0.25) is 5.91 Å². The summed E-state index contributed by atoms with van der Waals surface area (Å²) in [5, 5.41) is 5.48. The van der Waals surface area contributed by atoms with Gasteiger partial charge >= 0.3 is 5.97 Å². The van der Waals surface area contributed by atoms with Crippen LogP contribution in [0.25, 0.3) is 0 Å². The molecule has 0 atom stereocenters. The van der Waals surface area contributed by atoms with Crippen LogP contribution in [-0.4, -0.2) is 30.4 Å². The van der Waals surface area contributed by atoms with Crippen molar-refractivity contribution in [3.63, 3.8) is 0 Å². The van der Waals surface area contributed by atoms with Crippen molar-refractivity contribution in [2.45, 2.75) is 25.3 Å². The van der Waals surface area contributed by atoms with Crippen LogP contribution in [0.3, 0.4) is 0 Å². The van der Waals surface area contributed by atoms with Gasteiger partial charge in [-0.2, -0.15) is 0 Å². The number of carbonyl (C=O) groups is 3. The van der Waals surface area contributed by atoms with Crippen LogP contribution >= 0.6 is 0 Å². The van der Waals surface area contributed by atoms with Crippen molar-refractivity contribution < 1.29 is 19.1 Å². The number of anilines is 1. The van der Waals surface area contributed by atoms with Gasteiger partial charge in [-0.15, -0.1) is 0 Å². The second-order valence-corrected chi connectivity index (χ2v) is 6.17. The lowest BCUT2D eigenvalue weighted by atomic mass is 10.1. The lowest BCUT2D eigenvalue weighted by molar-refractivity contribution is -0.124. The van der Waals surface area contributed by atoms with Crippen molar-refractivity contribution in [1.29, 1.82) is 0 Å². The number of para-hydroxylation sites is 1. The van der Waals surface area contributed by atoms with Crippen LogP contribution < -0.4 is 10.6 Å². The molecule has 2 amide bonds. The first-order valence-corrected chi connectivity index (χ1v) is 8.51. The largest absolute Gasteiger partial charge is 0.452 e. The molecule has 2 N–H and O–H groups in total. The number of hydrogen-bond donors (Lipinski definition) is 2. The molecule has 0 saturated heterocycles. The molecule has 0 aliphatic heterocycles. The molecule has 134 valence electrons. The maximum Gasteiger partial charge on any atom is 0.340 e. The fourth-order valence-electron chi connectivity index (χ4n) is 2.45. The number of esters is 1. The van der Waals surface area contributed by atoms with E-state index in [2.05, 4.69) is 10.6 Å². The van der Waals surface area contributed by atoms with Crippen LogP contribution in [0.15, 0.2) is 54.6 Å².